The SMILES string of the molecule is C1CCNCC1.CCCC#Cc1ccc(-c2c(CNP(C)C3CCCC3)c(C(N)=O)nn2-c2ccc(Cl)cc2Cl)s1. The molecule has 41 heavy (non-hydrogen) atoms. The summed E-state index contributed by atoms with van der Waals surface area (Å²) >= 11 is 14.3. The van der Waals surface area contributed by atoms with Crippen molar-refractivity contribution in [2.24, 2.45) is 5.73 Å². The Bertz CT molecular complexity index is 1360. The highest BCUT2D eigenvalue weighted by molar-refractivity contribution is 7.55. The van der Waals surface area contributed by atoms with Crippen LogP contribution >= 0.6 is 42.6 Å². The molecule has 1 unspecified atom stereocenters. The maximum atomic E-state index is 12.5. The molecule has 1 saturated carbocycles. The van der Waals surface area contributed by atoms with Crippen LogP contribution in [0.3, 0.4) is 0 Å². The van der Waals surface area contributed by atoms with E-state index in [0.29, 0.717) is 27.9 Å². The normalized spacial score (nSPS) is 16.0. The van der Waals surface area contributed by atoms with Crippen LogP contribution in [0.1, 0.15) is 85.6 Å². The molecule has 0 radical (unpaired) electrons. The lowest BCUT2D eigenvalue weighted by Crippen LogP contribution is -2.21. The summed E-state index contributed by atoms with van der Waals surface area (Å²) in [6.07, 6.45) is 11.2. The summed E-state index contributed by atoms with van der Waals surface area (Å²) in [6, 6.07) is 9.28. The predicted octanol–water partition coefficient (Wildman–Crippen LogP) is 7.98. The molecule has 220 valence electrons. The minimum atomic E-state index is -0.562. The fraction of sp³-hybridized carbons (Fsp3) is 0.484. The Morgan fingerprint density at radius 3 is 2.54 bits per heavy atom. The summed E-state index contributed by atoms with van der Waals surface area (Å²) in [4.78, 5) is 14.4. The van der Waals surface area contributed by atoms with E-state index in [2.05, 4.69) is 40.9 Å². The first-order valence-electron chi connectivity index (χ1n) is 14.5. The highest BCUT2D eigenvalue weighted by atomic mass is 35.5. The Kier molecular flexibility index (Phi) is 12.6. The number of thiophene rings is 1. The first-order valence-corrected chi connectivity index (χ1v) is 17.9. The summed E-state index contributed by atoms with van der Waals surface area (Å²) in [5.74, 6) is 5.88. The number of benzene rings is 1. The molecule has 1 aliphatic carbocycles. The molecule has 2 aromatic heterocycles. The van der Waals surface area contributed by atoms with Crippen LogP contribution in [0.15, 0.2) is 30.3 Å². The molecule has 4 N–H and O–H groups in total. The highest BCUT2D eigenvalue weighted by Gasteiger charge is 2.27. The van der Waals surface area contributed by atoms with Crippen LogP contribution in [0.4, 0.5) is 0 Å². The van der Waals surface area contributed by atoms with Crippen molar-refractivity contribution in [2.45, 2.75) is 76.9 Å². The number of nitrogens with one attached hydrogen (secondary N) is 2. The van der Waals surface area contributed by atoms with Gasteiger partial charge in [0, 0.05) is 23.6 Å². The summed E-state index contributed by atoms with van der Waals surface area (Å²) in [5.41, 5.74) is 9.00. The van der Waals surface area contributed by atoms with Gasteiger partial charge in [0.15, 0.2) is 5.69 Å². The average molecular weight is 633 g/mol. The van der Waals surface area contributed by atoms with Crippen LogP contribution in [-0.2, 0) is 6.54 Å². The number of halogens is 2. The predicted molar refractivity (Wildman–Crippen MR) is 176 cm³/mol. The summed E-state index contributed by atoms with van der Waals surface area (Å²) in [6.45, 7) is 7.40. The number of amides is 1. The van der Waals surface area contributed by atoms with Gasteiger partial charge in [0.2, 0.25) is 0 Å². The van der Waals surface area contributed by atoms with E-state index in [1.807, 2.05) is 18.2 Å². The lowest BCUT2D eigenvalue weighted by Gasteiger charge is -2.21. The van der Waals surface area contributed by atoms with Crippen LogP contribution in [0, 0.1) is 11.8 Å². The third kappa shape index (κ3) is 8.80. The number of hydrogen-bond donors (Lipinski definition) is 3. The van der Waals surface area contributed by atoms with Gasteiger partial charge >= 0.3 is 0 Å². The number of nitrogens with zero attached hydrogens (tertiary/aromatic N) is 2. The van der Waals surface area contributed by atoms with E-state index in [9.17, 15) is 4.79 Å². The largest absolute Gasteiger partial charge is 0.364 e. The fourth-order valence-corrected chi connectivity index (χ4v) is 8.36. The number of carbonyl (C=O) groups is 1. The topological polar surface area (TPSA) is 85.0 Å². The van der Waals surface area contributed by atoms with Crippen molar-refractivity contribution in [3.8, 4) is 28.1 Å². The minimum absolute atomic E-state index is 0.250. The number of carbonyl (C=O) groups excluding carboxylic acids is 1. The fourth-order valence-electron chi connectivity index (χ4n) is 5.13. The number of nitrogens with two attached hydrogens (primary N) is 1. The average Bonchev–Trinajstić information content (AvgIpc) is 3.74. The Morgan fingerprint density at radius 2 is 1.93 bits per heavy atom. The van der Waals surface area contributed by atoms with Crippen molar-refractivity contribution in [1.29, 1.82) is 0 Å². The molecule has 1 amide bonds. The molecule has 3 heterocycles. The molecule has 10 heteroatoms. The van der Waals surface area contributed by atoms with Crippen LogP contribution in [0.2, 0.25) is 10.0 Å². The van der Waals surface area contributed by atoms with Gasteiger partial charge in [-0.25, -0.2) is 4.68 Å². The number of hydrogen-bond acceptors (Lipinski definition) is 5. The quantitative estimate of drug-likeness (QED) is 0.174. The number of piperidine rings is 1. The molecule has 1 aromatic carbocycles. The third-order valence-corrected chi connectivity index (χ3v) is 11.2. The molecule has 1 saturated heterocycles. The Morgan fingerprint density at radius 1 is 1.17 bits per heavy atom. The van der Waals surface area contributed by atoms with E-state index < -0.39 is 5.91 Å². The number of unbranched alkanes of at least 4 members (excludes halogenated alkanes) is 1. The van der Waals surface area contributed by atoms with Crippen molar-refractivity contribution in [3.63, 3.8) is 0 Å². The molecule has 2 aliphatic rings. The Hall–Kier alpha value is -1.91. The van der Waals surface area contributed by atoms with E-state index in [4.69, 9.17) is 28.9 Å². The standard InChI is InChI=1S/C26H29Cl2N4OPS.C5H11N/c1-3-4-5-10-19-12-14-23(35-19)25-20(16-30-34(2)18-8-6-7-9-18)24(26(29)33)31-32(25)22-13-11-17(27)15-21(22)28;1-2-4-6-5-3-1/h11-15,18,30H,3-4,6-9,16H2,1-2H3,(H2,29,33);6H,1-5H2. The lowest BCUT2D eigenvalue weighted by molar-refractivity contribution is 0.0994. The minimum Gasteiger partial charge on any atom is -0.364 e. The van der Waals surface area contributed by atoms with E-state index in [1.165, 1.54) is 58.0 Å². The smallest absolute Gasteiger partial charge is 0.269 e. The molecular weight excluding hydrogens is 592 g/mol. The van der Waals surface area contributed by atoms with Crippen LogP contribution in [0.25, 0.3) is 16.3 Å². The molecule has 5 rings (SSSR count). The number of rotatable bonds is 8. The second kappa shape index (κ2) is 16.1. The van der Waals surface area contributed by atoms with Crippen LogP contribution in [0.5, 0.6) is 0 Å². The van der Waals surface area contributed by atoms with E-state index in [1.54, 1.807) is 28.2 Å². The monoisotopic (exact) mass is 631 g/mol. The van der Waals surface area contributed by atoms with Crippen molar-refractivity contribution in [1.82, 2.24) is 20.2 Å². The van der Waals surface area contributed by atoms with Crippen LogP contribution < -0.4 is 16.1 Å². The van der Waals surface area contributed by atoms with Crippen molar-refractivity contribution in [3.05, 3.63) is 56.5 Å². The second-order valence-corrected chi connectivity index (χ2v) is 14.7. The zero-order valence-corrected chi connectivity index (χ0v) is 27.2. The third-order valence-electron chi connectivity index (χ3n) is 7.37. The number of aromatic nitrogens is 2. The zero-order chi connectivity index (χ0) is 29.2. The molecule has 1 aliphatic heterocycles. The Labute approximate surface area is 259 Å². The van der Waals surface area contributed by atoms with Crippen LogP contribution in [-0.4, -0.2) is 41.1 Å². The molecule has 6 nitrogen and oxygen atoms in total. The van der Waals surface area contributed by atoms with Gasteiger partial charge in [0.05, 0.1) is 26.2 Å². The van der Waals surface area contributed by atoms with E-state index in [-0.39, 0.29) is 13.8 Å². The summed E-state index contributed by atoms with van der Waals surface area (Å²) in [7, 11) is -0.380. The second-order valence-electron chi connectivity index (χ2n) is 10.5. The van der Waals surface area contributed by atoms with Crippen molar-refractivity contribution >= 4 is 48.5 Å². The molecule has 2 fully saturated rings. The van der Waals surface area contributed by atoms with Gasteiger partial charge in [0.1, 0.15) is 0 Å². The van der Waals surface area contributed by atoms with Gasteiger partial charge < -0.3 is 11.1 Å². The maximum absolute atomic E-state index is 12.5. The molecule has 1 atom stereocenters. The first kappa shape index (κ1) is 32.0. The summed E-state index contributed by atoms with van der Waals surface area (Å²) < 4.78 is 1.72. The molecule has 3 aromatic rings. The molecular formula is C31H40Cl2N5OPS. The first-order chi connectivity index (χ1) is 19.9. The van der Waals surface area contributed by atoms with Gasteiger partial charge in [0.25, 0.3) is 5.91 Å². The van der Waals surface area contributed by atoms with Crippen molar-refractivity contribution < 1.29 is 4.79 Å². The van der Waals surface area contributed by atoms with Gasteiger partial charge in [-0.05, 0) is 95.9 Å². The van der Waals surface area contributed by atoms with Gasteiger partial charge in [-0.2, -0.15) is 5.10 Å². The van der Waals surface area contributed by atoms with Crippen molar-refractivity contribution in [2.75, 3.05) is 19.8 Å². The van der Waals surface area contributed by atoms with E-state index >= 15 is 0 Å². The summed E-state index contributed by atoms with van der Waals surface area (Å²) in [5, 5.41) is 12.6. The molecule has 0 spiro atoms. The van der Waals surface area contributed by atoms with Gasteiger partial charge in [-0.1, -0.05) is 61.2 Å². The zero-order valence-electron chi connectivity index (χ0n) is 23.9. The number of primary amides is 1. The van der Waals surface area contributed by atoms with Gasteiger partial charge in [-0.3, -0.25) is 9.88 Å². The highest BCUT2D eigenvalue weighted by Crippen LogP contribution is 2.44. The Balaban J connectivity index is 0.000000572. The molecule has 0 bridgehead atoms. The lowest BCUT2D eigenvalue weighted by atomic mass is 10.1. The van der Waals surface area contributed by atoms with Gasteiger partial charge in [-0.15, -0.1) is 11.3 Å². The maximum Gasteiger partial charge on any atom is 0.269 e. The van der Waals surface area contributed by atoms with E-state index in [0.717, 1.165) is 33.9 Å².